The zero-order chi connectivity index (χ0) is 24.1. The Bertz CT molecular complexity index is 1250. The molecule has 33 heavy (non-hydrogen) atoms. The van der Waals surface area contributed by atoms with Crippen molar-refractivity contribution in [1.82, 2.24) is 4.98 Å². The summed E-state index contributed by atoms with van der Waals surface area (Å²) in [4.78, 5) is 14.8. The van der Waals surface area contributed by atoms with Gasteiger partial charge in [0, 0.05) is 28.2 Å². The van der Waals surface area contributed by atoms with Crippen molar-refractivity contribution in [1.29, 1.82) is 0 Å². The number of hydrogen-bond acceptors (Lipinski definition) is 4. The van der Waals surface area contributed by atoms with E-state index in [0.29, 0.717) is 34.0 Å². The van der Waals surface area contributed by atoms with Crippen molar-refractivity contribution in [2.75, 3.05) is 5.32 Å². The second kappa shape index (κ2) is 8.09. The van der Waals surface area contributed by atoms with E-state index in [1.165, 1.54) is 6.20 Å². The number of halogens is 3. The molecule has 0 radical (unpaired) electrons. The topological polar surface area (TPSA) is 85.4 Å². The van der Waals surface area contributed by atoms with Gasteiger partial charge in [0.15, 0.2) is 5.60 Å². The molecule has 3 aromatic rings. The maximum absolute atomic E-state index is 14.4. The lowest BCUT2D eigenvalue weighted by atomic mass is 9.68. The van der Waals surface area contributed by atoms with Gasteiger partial charge in [-0.1, -0.05) is 32.9 Å². The molecule has 4 rings (SSSR count). The highest BCUT2D eigenvalue weighted by Crippen LogP contribution is 2.55. The van der Waals surface area contributed by atoms with Gasteiger partial charge in [0.05, 0.1) is 6.04 Å². The van der Waals surface area contributed by atoms with Crippen molar-refractivity contribution in [2.24, 2.45) is 0 Å². The number of benzene rings is 2. The number of pyridine rings is 1. The molecule has 0 amide bonds. The zero-order valence-corrected chi connectivity index (χ0v) is 18.6. The van der Waals surface area contributed by atoms with Crippen molar-refractivity contribution in [3.05, 3.63) is 69.6 Å². The van der Waals surface area contributed by atoms with Crippen LogP contribution in [0.15, 0.2) is 47.4 Å². The molecule has 0 fully saturated rings. The second-order valence-corrected chi connectivity index (χ2v) is 9.08. The Hall–Kier alpha value is -3.00. The molecular formula is C25H27F3N2O3. The molecule has 0 saturated heterocycles. The minimum atomic E-state index is -4.93. The Kier molecular flexibility index (Phi) is 5.68. The first kappa shape index (κ1) is 23.2. The van der Waals surface area contributed by atoms with Gasteiger partial charge < -0.3 is 20.5 Å². The Morgan fingerprint density at radius 3 is 2.58 bits per heavy atom. The molecule has 0 unspecified atom stereocenters. The molecule has 0 bridgehead atoms. The van der Waals surface area contributed by atoms with E-state index < -0.39 is 30.2 Å². The SMILES string of the molecule is CC[C@@H]1C[C@](O)(C(F)(F)F)[C@@H](Nc2cccc3c(=O)[nH]ccc23)c2cc(C(C)C)cc(O)c21. The highest BCUT2D eigenvalue weighted by Gasteiger charge is 2.62. The summed E-state index contributed by atoms with van der Waals surface area (Å²) in [6.45, 7) is 5.51. The van der Waals surface area contributed by atoms with Gasteiger partial charge in [-0.15, -0.1) is 0 Å². The maximum atomic E-state index is 14.4. The van der Waals surface area contributed by atoms with E-state index in [4.69, 9.17) is 0 Å². The number of phenolic OH excluding ortho intramolecular Hbond substituents is 1. The lowest BCUT2D eigenvalue weighted by Crippen LogP contribution is -2.55. The summed E-state index contributed by atoms with van der Waals surface area (Å²) >= 11 is 0. The van der Waals surface area contributed by atoms with E-state index in [1.807, 2.05) is 13.8 Å². The number of H-pyrrole nitrogens is 1. The zero-order valence-electron chi connectivity index (χ0n) is 18.6. The van der Waals surface area contributed by atoms with Gasteiger partial charge in [-0.25, -0.2) is 0 Å². The van der Waals surface area contributed by atoms with Crippen LogP contribution in [0.25, 0.3) is 10.8 Å². The molecule has 1 aromatic heterocycles. The molecule has 176 valence electrons. The molecular weight excluding hydrogens is 433 g/mol. The second-order valence-electron chi connectivity index (χ2n) is 9.08. The number of nitrogens with one attached hydrogen (secondary N) is 2. The van der Waals surface area contributed by atoms with Crippen molar-refractivity contribution < 1.29 is 23.4 Å². The average molecular weight is 460 g/mol. The van der Waals surface area contributed by atoms with Crippen molar-refractivity contribution in [3.63, 3.8) is 0 Å². The van der Waals surface area contributed by atoms with Gasteiger partial charge in [0.2, 0.25) is 0 Å². The number of hydrogen-bond donors (Lipinski definition) is 4. The molecule has 8 heteroatoms. The molecule has 0 aliphatic heterocycles. The van der Waals surface area contributed by atoms with Gasteiger partial charge in [-0.2, -0.15) is 13.2 Å². The fraction of sp³-hybridized carbons (Fsp3) is 0.400. The molecule has 5 nitrogen and oxygen atoms in total. The third-order valence-electron chi connectivity index (χ3n) is 6.73. The van der Waals surface area contributed by atoms with Crippen LogP contribution in [0.2, 0.25) is 0 Å². The quantitative estimate of drug-likeness (QED) is 0.402. The molecule has 1 aliphatic carbocycles. The summed E-state index contributed by atoms with van der Waals surface area (Å²) in [7, 11) is 0. The molecule has 0 spiro atoms. The fourth-order valence-electron chi connectivity index (χ4n) is 4.88. The van der Waals surface area contributed by atoms with Crippen molar-refractivity contribution in [3.8, 4) is 5.75 Å². The molecule has 0 saturated carbocycles. The first-order valence-corrected chi connectivity index (χ1v) is 11.0. The van der Waals surface area contributed by atoms with Gasteiger partial charge in [0.25, 0.3) is 5.56 Å². The van der Waals surface area contributed by atoms with Crippen LogP contribution in [0.3, 0.4) is 0 Å². The Balaban J connectivity index is 1.98. The number of alkyl halides is 3. The predicted molar refractivity (Wildman–Crippen MR) is 122 cm³/mol. The molecule has 3 atom stereocenters. The van der Waals surface area contributed by atoms with Gasteiger partial charge >= 0.3 is 6.18 Å². The van der Waals surface area contributed by atoms with Gasteiger partial charge in [0.1, 0.15) is 5.75 Å². The summed E-state index contributed by atoms with van der Waals surface area (Å²) in [6, 6.07) is 8.01. The Morgan fingerprint density at radius 1 is 1.21 bits per heavy atom. The fourth-order valence-corrected chi connectivity index (χ4v) is 4.88. The molecule has 1 heterocycles. The molecule has 1 aliphatic rings. The predicted octanol–water partition coefficient (Wildman–Crippen LogP) is 5.70. The lowest BCUT2D eigenvalue weighted by Gasteiger charge is -2.46. The van der Waals surface area contributed by atoms with Gasteiger partial charge in [-0.05, 0) is 60.1 Å². The van der Waals surface area contributed by atoms with E-state index in [-0.39, 0.29) is 22.8 Å². The van der Waals surface area contributed by atoms with Crippen LogP contribution in [-0.4, -0.2) is 27.0 Å². The number of aromatic hydroxyl groups is 1. The van der Waals surface area contributed by atoms with Crippen LogP contribution in [-0.2, 0) is 0 Å². The number of phenols is 1. The largest absolute Gasteiger partial charge is 0.508 e. The average Bonchev–Trinajstić information content (AvgIpc) is 2.75. The number of aromatic nitrogens is 1. The Labute approximate surface area is 189 Å². The van der Waals surface area contributed by atoms with E-state index >= 15 is 0 Å². The van der Waals surface area contributed by atoms with E-state index in [9.17, 15) is 28.2 Å². The van der Waals surface area contributed by atoms with E-state index in [1.54, 1.807) is 43.3 Å². The smallest absolute Gasteiger partial charge is 0.419 e. The van der Waals surface area contributed by atoms with Crippen molar-refractivity contribution in [2.45, 2.75) is 63.3 Å². The molecule has 2 aromatic carbocycles. The highest BCUT2D eigenvalue weighted by atomic mass is 19.4. The summed E-state index contributed by atoms with van der Waals surface area (Å²) in [5, 5.41) is 25.7. The monoisotopic (exact) mass is 460 g/mol. The van der Waals surface area contributed by atoms with Crippen molar-refractivity contribution >= 4 is 16.5 Å². The number of aliphatic hydroxyl groups is 1. The third kappa shape index (κ3) is 3.76. The number of rotatable bonds is 4. The van der Waals surface area contributed by atoms with Gasteiger partial charge in [-0.3, -0.25) is 4.79 Å². The van der Waals surface area contributed by atoms with Crippen LogP contribution in [0.1, 0.15) is 68.2 Å². The normalized spacial score (nSPS) is 23.0. The standard InChI is InChI=1S/C25H27F3N2O3/c1-4-14-12-24(33,25(26,27)28)22(18-10-15(13(2)3)11-20(31)21(14)18)30-19-7-5-6-17-16(19)8-9-29-23(17)32/h5-11,13-14,22,30-31,33H,4,12H2,1-3H3,(H,29,32)/t14-,22+,24-/m1/s1. The number of fused-ring (bicyclic) bond motifs is 2. The minimum Gasteiger partial charge on any atom is -0.508 e. The third-order valence-corrected chi connectivity index (χ3v) is 6.73. The minimum absolute atomic E-state index is 0.0426. The van der Waals surface area contributed by atoms with Crippen LogP contribution >= 0.6 is 0 Å². The highest BCUT2D eigenvalue weighted by molar-refractivity contribution is 5.93. The first-order chi connectivity index (χ1) is 15.5. The van der Waals surface area contributed by atoms with Crippen LogP contribution < -0.4 is 10.9 Å². The van der Waals surface area contributed by atoms with Crippen LogP contribution in [0.5, 0.6) is 5.75 Å². The van der Waals surface area contributed by atoms with E-state index in [0.717, 1.165) is 0 Å². The van der Waals surface area contributed by atoms with Crippen LogP contribution in [0.4, 0.5) is 18.9 Å². The first-order valence-electron chi connectivity index (χ1n) is 11.0. The summed E-state index contributed by atoms with van der Waals surface area (Å²) in [6.07, 6.45) is -3.76. The van der Waals surface area contributed by atoms with Crippen LogP contribution in [0, 0.1) is 0 Å². The molecule has 4 N–H and O–H groups in total. The van der Waals surface area contributed by atoms with E-state index in [2.05, 4.69) is 10.3 Å². The summed E-state index contributed by atoms with van der Waals surface area (Å²) in [5.74, 6) is -0.770. The Morgan fingerprint density at radius 2 is 1.94 bits per heavy atom. The number of aromatic amines is 1. The maximum Gasteiger partial charge on any atom is 0.419 e. The summed E-state index contributed by atoms with van der Waals surface area (Å²) in [5.41, 5.74) is -1.83. The number of anilines is 1. The summed E-state index contributed by atoms with van der Waals surface area (Å²) < 4.78 is 43.2. The lowest BCUT2D eigenvalue weighted by molar-refractivity contribution is -0.272.